The number of benzene rings is 3. The van der Waals surface area contributed by atoms with Crippen molar-refractivity contribution in [3.8, 4) is 17.2 Å². The number of hydrogen-bond acceptors (Lipinski definition) is 5. The van der Waals surface area contributed by atoms with E-state index in [1.54, 1.807) is 38.5 Å². The van der Waals surface area contributed by atoms with Crippen molar-refractivity contribution in [3.63, 3.8) is 0 Å². The molecule has 0 fully saturated rings. The van der Waals surface area contributed by atoms with E-state index in [1.165, 1.54) is 35.1 Å². The zero-order valence-electron chi connectivity index (χ0n) is 19.8. The van der Waals surface area contributed by atoms with Crippen LogP contribution in [0.5, 0.6) is 11.5 Å². The predicted octanol–water partition coefficient (Wildman–Crippen LogP) is 4.51. The van der Waals surface area contributed by atoms with Gasteiger partial charge < -0.3 is 14.8 Å². The minimum Gasteiger partial charge on any atom is -0.493 e. The lowest BCUT2D eigenvalue weighted by molar-refractivity contribution is 0.0940. The molecule has 1 atom stereocenters. The fourth-order valence-corrected chi connectivity index (χ4v) is 4.16. The lowest BCUT2D eigenvalue weighted by atomic mass is 10.1. The lowest BCUT2D eigenvalue weighted by Crippen LogP contribution is -2.26. The second-order valence-corrected chi connectivity index (χ2v) is 8.32. The summed E-state index contributed by atoms with van der Waals surface area (Å²) in [6.07, 6.45) is 1.50. The summed E-state index contributed by atoms with van der Waals surface area (Å²) in [4.78, 5) is 30.5. The van der Waals surface area contributed by atoms with Crippen molar-refractivity contribution in [2.45, 2.75) is 13.0 Å². The summed E-state index contributed by atoms with van der Waals surface area (Å²) < 4.78 is 25.3. The molecule has 0 saturated carbocycles. The third-order valence-electron chi connectivity index (χ3n) is 6.13. The number of carbonyl (C=O) groups is 1. The van der Waals surface area contributed by atoms with E-state index in [4.69, 9.17) is 9.47 Å². The normalized spacial score (nSPS) is 12.0. The van der Waals surface area contributed by atoms with Gasteiger partial charge in [-0.1, -0.05) is 6.07 Å². The SMILES string of the molecule is COc1ccc(C(C)NC(=O)c2ccc3ncc4c(=O)n(-c5ccc(F)cc5)[nH]c4c3c2)cc1OC. The molecule has 0 aliphatic rings. The van der Waals surface area contributed by atoms with E-state index in [9.17, 15) is 14.0 Å². The molecule has 2 aromatic heterocycles. The number of hydrogen-bond donors (Lipinski definition) is 2. The Morgan fingerprint density at radius 2 is 1.75 bits per heavy atom. The first kappa shape index (κ1) is 23.1. The highest BCUT2D eigenvalue weighted by Gasteiger charge is 2.17. The summed E-state index contributed by atoms with van der Waals surface area (Å²) in [5, 5.41) is 7.06. The van der Waals surface area contributed by atoms with Crippen LogP contribution in [0.4, 0.5) is 4.39 Å². The van der Waals surface area contributed by atoms with Crippen molar-refractivity contribution in [3.05, 3.63) is 94.2 Å². The fraction of sp³-hybridized carbons (Fsp3) is 0.148. The molecule has 1 amide bonds. The molecule has 0 saturated heterocycles. The van der Waals surface area contributed by atoms with E-state index >= 15 is 0 Å². The van der Waals surface area contributed by atoms with Crippen LogP contribution in [0.2, 0.25) is 0 Å². The molecule has 0 spiro atoms. The molecule has 0 bridgehead atoms. The van der Waals surface area contributed by atoms with E-state index in [0.717, 1.165) is 5.56 Å². The molecular formula is C27H23FN4O4. The van der Waals surface area contributed by atoms with Gasteiger partial charge in [-0.3, -0.25) is 19.7 Å². The van der Waals surface area contributed by atoms with Gasteiger partial charge in [-0.25, -0.2) is 9.07 Å². The predicted molar refractivity (Wildman–Crippen MR) is 135 cm³/mol. The summed E-state index contributed by atoms with van der Waals surface area (Å²) >= 11 is 0. The second-order valence-electron chi connectivity index (χ2n) is 8.32. The van der Waals surface area contributed by atoms with Gasteiger partial charge in [-0.2, -0.15) is 0 Å². The molecule has 2 N–H and O–H groups in total. The highest BCUT2D eigenvalue weighted by atomic mass is 19.1. The summed E-state index contributed by atoms with van der Waals surface area (Å²) in [7, 11) is 3.12. The maximum atomic E-state index is 13.3. The Balaban J connectivity index is 1.49. The molecule has 36 heavy (non-hydrogen) atoms. The van der Waals surface area contributed by atoms with Gasteiger partial charge in [0.05, 0.1) is 42.4 Å². The number of aromatic nitrogens is 3. The van der Waals surface area contributed by atoms with E-state index in [2.05, 4.69) is 15.4 Å². The van der Waals surface area contributed by atoms with Crippen LogP contribution >= 0.6 is 0 Å². The second kappa shape index (κ2) is 9.18. The zero-order valence-corrected chi connectivity index (χ0v) is 19.8. The molecular weight excluding hydrogens is 463 g/mol. The minimum absolute atomic E-state index is 0.281. The standard InChI is InChI=1S/C27H23FN4O4/c1-15(16-5-11-23(35-2)24(13-16)36-3)30-26(33)17-4-10-22-20(12-17)25-21(14-29-22)27(34)32(31-25)19-8-6-18(28)7-9-19/h4-15,31H,1-3H3,(H,30,33). The van der Waals surface area contributed by atoms with Crippen LogP contribution < -0.4 is 20.3 Å². The van der Waals surface area contributed by atoms with Crippen LogP contribution in [0.25, 0.3) is 27.5 Å². The molecule has 5 aromatic rings. The monoisotopic (exact) mass is 486 g/mol. The number of ether oxygens (including phenoxy) is 2. The minimum atomic E-state index is -0.395. The molecule has 2 heterocycles. The van der Waals surface area contributed by atoms with Gasteiger partial charge in [0.2, 0.25) is 0 Å². The van der Waals surface area contributed by atoms with Gasteiger partial charge in [0, 0.05) is 17.1 Å². The van der Waals surface area contributed by atoms with Crippen molar-refractivity contribution in [1.82, 2.24) is 20.1 Å². The average Bonchev–Trinajstić information content (AvgIpc) is 3.24. The van der Waals surface area contributed by atoms with E-state index in [1.807, 2.05) is 19.1 Å². The van der Waals surface area contributed by atoms with Crippen molar-refractivity contribution >= 4 is 27.7 Å². The Morgan fingerprint density at radius 3 is 2.47 bits per heavy atom. The molecule has 5 rings (SSSR count). The third kappa shape index (κ3) is 4.04. The van der Waals surface area contributed by atoms with E-state index < -0.39 is 5.82 Å². The first-order valence-electron chi connectivity index (χ1n) is 11.2. The summed E-state index contributed by atoms with van der Waals surface area (Å²) in [6, 6.07) is 15.9. The molecule has 3 aromatic carbocycles. The van der Waals surface area contributed by atoms with E-state index in [0.29, 0.717) is 44.6 Å². The highest BCUT2D eigenvalue weighted by molar-refractivity contribution is 6.06. The Morgan fingerprint density at radius 1 is 1.00 bits per heavy atom. The molecule has 0 aliphatic carbocycles. The number of H-pyrrole nitrogens is 1. The summed E-state index contributed by atoms with van der Waals surface area (Å²) in [5.41, 5.74) is 2.61. The van der Waals surface area contributed by atoms with Gasteiger partial charge in [-0.15, -0.1) is 0 Å². The number of halogens is 1. The smallest absolute Gasteiger partial charge is 0.280 e. The molecule has 1 unspecified atom stereocenters. The highest BCUT2D eigenvalue weighted by Crippen LogP contribution is 2.30. The van der Waals surface area contributed by atoms with Gasteiger partial charge in [0.25, 0.3) is 11.5 Å². The van der Waals surface area contributed by atoms with Gasteiger partial charge in [0.1, 0.15) is 5.82 Å². The Hall–Kier alpha value is -4.66. The quantitative estimate of drug-likeness (QED) is 0.368. The van der Waals surface area contributed by atoms with Gasteiger partial charge >= 0.3 is 0 Å². The van der Waals surface area contributed by atoms with Crippen LogP contribution in [0.3, 0.4) is 0 Å². The molecule has 9 heteroatoms. The third-order valence-corrected chi connectivity index (χ3v) is 6.13. The molecule has 0 radical (unpaired) electrons. The zero-order chi connectivity index (χ0) is 25.4. The van der Waals surface area contributed by atoms with Crippen LogP contribution in [0.1, 0.15) is 28.9 Å². The average molecular weight is 487 g/mol. The number of pyridine rings is 1. The number of fused-ring (bicyclic) bond motifs is 3. The van der Waals surface area contributed by atoms with Crippen molar-refractivity contribution in [2.75, 3.05) is 14.2 Å². The molecule has 0 aliphatic heterocycles. The van der Waals surface area contributed by atoms with E-state index in [-0.39, 0.29) is 17.5 Å². The Bertz CT molecular complexity index is 1660. The maximum absolute atomic E-state index is 13.3. The number of nitrogens with zero attached hydrogens (tertiary/aromatic N) is 2. The number of nitrogens with one attached hydrogen (secondary N) is 2. The maximum Gasteiger partial charge on any atom is 0.280 e. The topological polar surface area (TPSA) is 98.2 Å². The number of methoxy groups -OCH3 is 2. The van der Waals surface area contributed by atoms with Crippen molar-refractivity contribution in [2.24, 2.45) is 0 Å². The van der Waals surface area contributed by atoms with Crippen LogP contribution in [0, 0.1) is 5.82 Å². The molecule has 182 valence electrons. The fourth-order valence-electron chi connectivity index (χ4n) is 4.16. The Kier molecular flexibility index (Phi) is 5.89. The number of amides is 1. The largest absolute Gasteiger partial charge is 0.493 e. The van der Waals surface area contributed by atoms with Gasteiger partial charge in [0.15, 0.2) is 11.5 Å². The van der Waals surface area contributed by atoms with Crippen molar-refractivity contribution < 1.29 is 18.7 Å². The van der Waals surface area contributed by atoms with Gasteiger partial charge in [-0.05, 0) is 67.1 Å². The van der Waals surface area contributed by atoms with Crippen LogP contribution in [-0.4, -0.2) is 34.9 Å². The Labute approximate surface area is 205 Å². The number of carbonyl (C=O) groups excluding carboxylic acids is 1. The first-order chi connectivity index (χ1) is 17.4. The number of aromatic amines is 1. The molecule has 8 nitrogen and oxygen atoms in total. The lowest BCUT2D eigenvalue weighted by Gasteiger charge is -2.17. The van der Waals surface area contributed by atoms with Crippen LogP contribution in [0.15, 0.2) is 71.7 Å². The summed E-state index contributed by atoms with van der Waals surface area (Å²) in [6.45, 7) is 1.88. The number of rotatable bonds is 6. The van der Waals surface area contributed by atoms with Crippen LogP contribution in [-0.2, 0) is 0 Å². The summed E-state index contributed by atoms with van der Waals surface area (Å²) in [5.74, 6) is 0.502. The first-order valence-corrected chi connectivity index (χ1v) is 11.2. The van der Waals surface area contributed by atoms with Crippen molar-refractivity contribution in [1.29, 1.82) is 0 Å².